The molecule has 0 spiro atoms. The summed E-state index contributed by atoms with van der Waals surface area (Å²) in [6.07, 6.45) is 0. The van der Waals surface area contributed by atoms with Crippen LogP contribution in [-0.2, 0) is 0 Å². The number of halogens is 2. The van der Waals surface area contributed by atoms with E-state index in [1.165, 1.54) is 18.2 Å². The average Bonchev–Trinajstić information content (AvgIpc) is 2.46. The molecule has 0 saturated carbocycles. The quantitative estimate of drug-likeness (QED) is 0.639. The van der Waals surface area contributed by atoms with E-state index in [0.29, 0.717) is 5.56 Å². The summed E-state index contributed by atoms with van der Waals surface area (Å²) in [7, 11) is 0. The molecule has 2 aromatic rings. The predicted octanol–water partition coefficient (Wildman–Crippen LogP) is 3.68. The zero-order valence-electron chi connectivity index (χ0n) is 10.1. The standard InChI is InChI=1S/C15H8Cl2O3/c16-14(19)11-8-4-7-10(12(11)15(17)20)13(18)9-5-2-1-3-6-9/h1-8H. The van der Waals surface area contributed by atoms with Crippen molar-refractivity contribution in [3.63, 3.8) is 0 Å². The van der Waals surface area contributed by atoms with Crippen LogP contribution >= 0.6 is 23.2 Å². The lowest BCUT2D eigenvalue weighted by Crippen LogP contribution is -2.11. The van der Waals surface area contributed by atoms with E-state index < -0.39 is 16.3 Å². The Kier molecular flexibility index (Phi) is 4.32. The highest BCUT2D eigenvalue weighted by molar-refractivity contribution is 6.72. The lowest BCUT2D eigenvalue weighted by atomic mass is 9.95. The summed E-state index contributed by atoms with van der Waals surface area (Å²) in [6, 6.07) is 12.7. The first-order valence-electron chi connectivity index (χ1n) is 5.65. The third-order valence-electron chi connectivity index (χ3n) is 2.75. The van der Waals surface area contributed by atoms with Gasteiger partial charge in [-0.05, 0) is 29.3 Å². The highest BCUT2D eigenvalue weighted by Crippen LogP contribution is 2.22. The van der Waals surface area contributed by atoms with Crippen molar-refractivity contribution >= 4 is 39.5 Å². The third kappa shape index (κ3) is 2.79. The molecule has 0 saturated heterocycles. The van der Waals surface area contributed by atoms with Gasteiger partial charge in [0.15, 0.2) is 5.78 Å². The van der Waals surface area contributed by atoms with Gasteiger partial charge >= 0.3 is 0 Å². The number of rotatable bonds is 4. The van der Waals surface area contributed by atoms with Crippen molar-refractivity contribution in [2.24, 2.45) is 0 Å². The van der Waals surface area contributed by atoms with Gasteiger partial charge in [-0.15, -0.1) is 0 Å². The second-order valence-corrected chi connectivity index (χ2v) is 4.66. The molecule has 0 unspecified atom stereocenters. The summed E-state index contributed by atoms with van der Waals surface area (Å²) >= 11 is 10.9. The van der Waals surface area contributed by atoms with Gasteiger partial charge < -0.3 is 0 Å². The zero-order valence-corrected chi connectivity index (χ0v) is 11.6. The molecule has 0 aliphatic rings. The fourth-order valence-electron chi connectivity index (χ4n) is 1.86. The molecule has 0 aliphatic carbocycles. The Balaban J connectivity index is 2.63. The SMILES string of the molecule is O=C(Cl)c1cccc(C(=O)c2ccccc2)c1C(=O)Cl. The zero-order chi connectivity index (χ0) is 14.7. The van der Waals surface area contributed by atoms with Gasteiger partial charge in [-0.25, -0.2) is 0 Å². The molecule has 100 valence electrons. The summed E-state index contributed by atoms with van der Waals surface area (Å²) in [6.45, 7) is 0. The van der Waals surface area contributed by atoms with Crippen molar-refractivity contribution < 1.29 is 14.4 Å². The summed E-state index contributed by atoms with van der Waals surface area (Å²) < 4.78 is 0. The normalized spacial score (nSPS) is 10.1. The fraction of sp³-hybridized carbons (Fsp3) is 0. The van der Waals surface area contributed by atoms with Crippen LogP contribution in [0.2, 0.25) is 0 Å². The van der Waals surface area contributed by atoms with Gasteiger partial charge in [-0.2, -0.15) is 0 Å². The maximum atomic E-state index is 12.4. The van der Waals surface area contributed by atoms with Gasteiger partial charge in [0.2, 0.25) is 0 Å². The summed E-state index contributed by atoms with van der Waals surface area (Å²) in [5.74, 6) is -0.394. The molecule has 0 radical (unpaired) electrons. The molecule has 2 aromatic carbocycles. The van der Waals surface area contributed by atoms with Crippen LogP contribution in [0.4, 0.5) is 0 Å². The molecule has 0 amide bonds. The monoisotopic (exact) mass is 306 g/mol. The Bertz CT molecular complexity index is 694. The molecule has 2 rings (SSSR count). The third-order valence-corrected chi connectivity index (χ3v) is 3.15. The maximum absolute atomic E-state index is 12.4. The Morgan fingerprint density at radius 3 is 1.85 bits per heavy atom. The van der Waals surface area contributed by atoms with E-state index in [1.807, 2.05) is 0 Å². The van der Waals surface area contributed by atoms with Crippen molar-refractivity contribution in [2.45, 2.75) is 0 Å². The first-order valence-corrected chi connectivity index (χ1v) is 6.40. The number of carbonyl (C=O) groups excluding carboxylic acids is 3. The van der Waals surface area contributed by atoms with Gasteiger partial charge in [0, 0.05) is 16.7 Å². The van der Waals surface area contributed by atoms with Gasteiger partial charge in [-0.3, -0.25) is 14.4 Å². The number of benzene rings is 2. The van der Waals surface area contributed by atoms with E-state index in [0.717, 1.165) is 0 Å². The van der Waals surface area contributed by atoms with Crippen LogP contribution in [-0.4, -0.2) is 16.3 Å². The fourth-order valence-corrected chi connectivity index (χ4v) is 2.22. The van der Waals surface area contributed by atoms with E-state index in [4.69, 9.17) is 23.2 Å². The highest BCUT2D eigenvalue weighted by Gasteiger charge is 2.22. The van der Waals surface area contributed by atoms with Gasteiger partial charge in [0.25, 0.3) is 10.5 Å². The molecule has 0 aliphatic heterocycles. The molecule has 0 heterocycles. The van der Waals surface area contributed by atoms with E-state index >= 15 is 0 Å². The first kappa shape index (κ1) is 14.4. The minimum atomic E-state index is -0.895. The number of carbonyl (C=O) groups is 3. The van der Waals surface area contributed by atoms with Crippen LogP contribution in [0.3, 0.4) is 0 Å². The van der Waals surface area contributed by atoms with Crippen molar-refractivity contribution in [3.05, 3.63) is 70.8 Å². The summed E-state index contributed by atoms with van der Waals surface area (Å²) in [4.78, 5) is 35.2. The maximum Gasteiger partial charge on any atom is 0.253 e. The Morgan fingerprint density at radius 2 is 1.30 bits per heavy atom. The minimum absolute atomic E-state index is 0.0581. The molecule has 0 bridgehead atoms. The molecule has 0 fully saturated rings. The van der Waals surface area contributed by atoms with E-state index in [1.54, 1.807) is 30.3 Å². The second-order valence-electron chi connectivity index (χ2n) is 3.97. The Hall–Kier alpha value is -1.97. The van der Waals surface area contributed by atoms with Crippen molar-refractivity contribution in [1.82, 2.24) is 0 Å². The van der Waals surface area contributed by atoms with Gasteiger partial charge in [-0.1, -0.05) is 42.5 Å². The van der Waals surface area contributed by atoms with Crippen LogP contribution < -0.4 is 0 Å². The molecule has 0 N–H and O–H groups in total. The lowest BCUT2D eigenvalue weighted by Gasteiger charge is -2.08. The molecule has 0 aromatic heterocycles. The van der Waals surface area contributed by atoms with E-state index in [9.17, 15) is 14.4 Å². The van der Waals surface area contributed by atoms with Gasteiger partial charge in [0.1, 0.15) is 0 Å². The lowest BCUT2D eigenvalue weighted by molar-refractivity contribution is 0.102. The van der Waals surface area contributed by atoms with Crippen molar-refractivity contribution in [2.75, 3.05) is 0 Å². The second kappa shape index (κ2) is 5.99. The average molecular weight is 307 g/mol. The Labute approximate surface area is 125 Å². The van der Waals surface area contributed by atoms with Crippen LogP contribution in [0.5, 0.6) is 0 Å². The number of hydrogen-bond donors (Lipinski definition) is 0. The molecular formula is C15H8Cl2O3. The molecule has 0 atom stereocenters. The molecule has 20 heavy (non-hydrogen) atoms. The van der Waals surface area contributed by atoms with Crippen molar-refractivity contribution in [1.29, 1.82) is 0 Å². The van der Waals surface area contributed by atoms with Crippen LogP contribution in [0.15, 0.2) is 48.5 Å². The van der Waals surface area contributed by atoms with Crippen LogP contribution in [0.25, 0.3) is 0 Å². The highest BCUT2D eigenvalue weighted by atomic mass is 35.5. The van der Waals surface area contributed by atoms with Crippen molar-refractivity contribution in [3.8, 4) is 0 Å². The van der Waals surface area contributed by atoms with Crippen LogP contribution in [0.1, 0.15) is 36.6 Å². The summed E-state index contributed by atoms with van der Waals surface area (Å²) in [5.41, 5.74) is 0.213. The molecule has 3 nitrogen and oxygen atoms in total. The number of ketones is 1. The number of hydrogen-bond acceptors (Lipinski definition) is 3. The largest absolute Gasteiger partial charge is 0.289 e. The van der Waals surface area contributed by atoms with E-state index in [-0.39, 0.29) is 16.7 Å². The Morgan fingerprint density at radius 1 is 0.700 bits per heavy atom. The predicted molar refractivity (Wildman–Crippen MR) is 76.7 cm³/mol. The van der Waals surface area contributed by atoms with Gasteiger partial charge in [0.05, 0.1) is 5.56 Å². The molecular weight excluding hydrogens is 299 g/mol. The molecule has 5 heteroatoms. The summed E-state index contributed by atoms with van der Waals surface area (Å²) in [5, 5.41) is -1.73. The first-order chi connectivity index (χ1) is 9.52. The van der Waals surface area contributed by atoms with Crippen LogP contribution in [0, 0.1) is 0 Å². The van der Waals surface area contributed by atoms with E-state index in [2.05, 4.69) is 0 Å². The smallest absolute Gasteiger partial charge is 0.253 e. The topological polar surface area (TPSA) is 51.2 Å². The minimum Gasteiger partial charge on any atom is -0.289 e.